The molecule has 0 bridgehead atoms. The molecule has 0 aromatic rings. The van der Waals surface area contributed by atoms with Gasteiger partial charge >= 0.3 is 11.9 Å². The molecule has 0 aliphatic carbocycles. The van der Waals surface area contributed by atoms with E-state index >= 15 is 0 Å². The molecule has 1 atom stereocenters. The predicted molar refractivity (Wildman–Crippen MR) is 37.6 cm³/mol. The highest BCUT2D eigenvalue weighted by Crippen LogP contribution is 2.12. The van der Waals surface area contributed by atoms with Crippen molar-refractivity contribution in [1.82, 2.24) is 0 Å². The van der Waals surface area contributed by atoms with Crippen LogP contribution in [0.3, 0.4) is 0 Å². The van der Waals surface area contributed by atoms with Crippen molar-refractivity contribution in [3.63, 3.8) is 0 Å². The first-order valence-corrected chi connectivity index (χ1v) is 3.64. The average molecular weight is 188 g/mol. The van der Waals surface area contributed by atoms with Gasteiger partial charge in [-0.2, -0.15) is 0 Å². The van der Waals surface area contributed by atoms with E-state index in [0.717, 1.165) is 6.08 Å². The van der Waals surface area contributed by atoms with Crippen molar-refractivity contribution in [1.29, 1.82) is 0 Å². The van der Waals surface area contributed by atoms with E-state index in [4.69, 9.17) is 0 Å². The molecule has 72 valence electrons. The summed E-state index contributed by atoms with van der Waals surface area (Å²) in [5.41, 5.74) is -0.176. The summed E-state index contributed by atoms with van der Waals surface area (Å²) in [6.45, 7) is 1.65. The van der Waals surface area contributed by atoms with Gasteiger partial charge in [-0.05, 0) is 6.42 Å². The first-order valence-electron chi connectivity index (χ1n) is 3.64. The molecule has 0 aromatic heterocycles. The molecule has 13 heavy (non-hydrogen) atoms. The zero-order valence-corrected chi connectivity index (χ0v) is 6.85. The van der Waals surface area contributed by atoms with Crippen LogP contribution in [-0.2, 0) is 24.4 Å². The second-order valence-electron chi connectivity index (χ2n) is 2.36. The van der Waals surface area contributed by atoms with Crippen LogP contribution in [0.1, 0.15) is 13.3 Å². The fraction of sp³-hybridized carbons (Fsp3) is 0.429. The van der Waals surface area contributed by atoms with Crippen LogP contribution in [0.2, 0.25) is 0 Å². The third kappa shape index (κ3) is 2.27. The number of rotatable bonds is 2. The number of aliphatic hydroxyl groups is 1. The minimum atomic E-state index is -1.05. The zero-order chi connectivity index (χ0) is 9.84. The van der Waals surface area contributed by atoms with E-state index in [1.165, 1.54) is 0 Å². The fourth-order valence-electron chi connectivity index (χ4n) is 0.792. The van der Waals surface area contributed by atoms with Crippen molar-refractivity contribution in [2.75, 3.05) is 0 Å². The minimum absolute atomic E-state index is 0.176. The molecule has 1 N–H and O–H groups in total. The van der Waals surface area contributed by atoms with Gasteiger partial charge in [0.05, 0.1) is 11.7 Å². The fourth-order valence-corrected chi connectivity index (χ4v) is 0.792. The monoisotopic (exact) mass is 188 g/mol. The highest BCUT2D eigenvalue weighted by molar-refractivity contribution is 5.97. The van der Waals surface area contributed by atoms with Gasteiger partial charge in [0.2, 0.25) is 0 Å². The summed E-state index contributed by atoms with van der Waals surface area (Å²) < 4.78 is 0. The second-order valence-corrected chi connectivity index (χ2v) is 2.36. The third-order valence-corrected chi connectivity index (χ3v) is 1.48. The van der Waals surface area contributed by atoms with Gasteiger partial charge in [-0.3, -0.25) is 9.78 Å². The Morgan fingerprint density at radius 3 is 2.77 bits per heavy atom. The smallest absolute Gasteiger partial charge is 0.376 e. The standard InChI is InChI=1S/C7H8O6/c1-2-5(8)4-3-6(9)11-13-12-7(4)10/h3,5,8H,2H2,1H3. The van der Waals surface area contributed by atoms with Crippen LogP contribution < -0.4 is 0 Å². The molecule has 1 rings (SSSR count). The van der Waals surface area contributed by atoms with Gasteiger partial charge in [-0.1, -0.05) is 6.92 Å². The first kappa shape index (κ1) is 9.69. The van der Waals surface area contributed by atoms with E-state index in [2.05, 4.69) is 14.8 Å². The van der Waals surface area contributed by atoms with Gasteiger partial charge in [-0.15, -0.1) is 0 Å². The third-order valence-electron chi connectivity index (χ3n) is 1.48. The Morgan fingerprint density at radius 1 is 1.46 bits per heavy atom. The quantitative estimate of drug-likeness (QED) is 0.595. The molecule has 1 aliphatic rings. The van der Waals surface area contributed by atoms with Crippen LogP contribution in [0.4, 0.5) is 0 Å². The minimum Gasteiger partial charge on any atom is -0.388 e. The van der Waals surface area contributed by atoms with Crippen LogP contribution in [0, 0.1) is 0 Å². The summed E-state index contributed by atoms with van der Waals surface area (Å²) in [7, 11) is 0. The van der Waals surface area contributed by atoms with E-state index in [-0.39, 0.29) is 12.0 Å². The number of carbonyl (C=O) groups is 2. The van der Waals surface area contributed by atoms with Crippen LogP contribution in [0.5, 0.6) is 0 Å². The van der Waals surface area contributed by atoms with Crippen molar-refractivity contribution >= 4 is 11.9 Å². The van der Waals surface area contributed by atoms with Gasteiger partial charge < -0.3 is 5.11 Å². The molecule has 0 fully saturated rings. The van der Waals surface area contributed by atoms with Crippen LogP contribution in [-0.4, -0.2) is 23.1 Å². The van der Waals surface area contributed by atoms with Crippen LogP contribution >= 0.6 is 0 Å². The van der Waals surface area contributed by atoms with Gasteiger partial charge in [-0.25, -0.2) is 9.59 Å². The molecule has 0 spiro atoms. The zero-order valence-electron chi connectivity index (χ0n) is 6.85. The maximum atomic E-state index is 11.0. The lowest BCUT2D eigenvalue weighted by Gasteiger charge is -2.06. The molecule has 0 aromatic carbocycles. The molecule has 1 aliphatic heterocycles. The Hall–Kier alpha value is -1.40. The van der Waals surface area contributed by atoms with E-state index in [1.807, 2.05) is 0 Å². The van der Waals surface area contributed by atoms with Crippen LogP contribution in [0.15, 0.2) is 11.6 Å². The van der Waals surface area contributed by atoms with Gasteiger partial charge in [0, 0.05) is 11.1 Å². The number of carbonyl (C=O) groups excluding carboxylic acids is 2. The predicted octanol–water partition coefficient (Wildman–Crippen LogP) is -0.370. The Kier molecular flexibility index (Phi) is 2.99. The first-order chi connectivity index (χ1) is 6.15. The van der Waals surface area contributed by atoms with E-state index < -0.39 is 18.0 Å². The van der Waals surface area contributed by atoms with Gasteiger partial charge in [0.15, 0.2) is 0 Å². The lowest BCUT2D eigenvalue weighted by Crippen LogP contribution is -2.18. The van der Waals surface area contributed by atoms with Crippen molar-refractivity contribution < 1.29 is 29.5 Å². The molecule has 6 nitrogen and oxygen atoms in total. The van der Waals surface area contributed by atoms with E-state index in [0.29, 0.717) is 0 Å². The Balaban J connectivity index is 2.87. The Bertz CT molecular complexity index is 256. The maximum absolute atomic E-state index is 11.0. The Labute approximate surface area is 73.5 Å². The van der Waals surface area contributed by atoms with Gasteiger partial charge in [0.25, 0.3) is 0 Å². The summed E-state index contributed by atoms with van der Waals surface area (Å²) in [5.74, 6) is -1.83. The molecule has 1 heterocycles. The highest BCUT2D eigenvalue weighted by atomic mass is 17.5. The largest absolute Gasteiger partial charge is 0.388 e. The maximum Gasteiger partial charge on any atom is 0.376 e. The molecular formula is C7H8O6. The van der Waals surface area contributed by atoms with Crippen molar-refractivity contribution in [2.24, 2.45) is 0 Å². The molecule has 0 amide bonds. The lowest BCUT2D eigenvalue weighted by molar-refractivity contribution is -0.454. The molecule has 1 unspecified atom stereocenters. The molecule has 0 radical (unpaired) electrons. The van der Waals surface area contributed by atoms with Gasteiger partial charge in [0.1, 0.15) is 0 Å². The number of hydrogen-bond acceptors (Lipinski definition) is 6. The topological polar surface area (TPSA) is 82.1 Å². The van der Waals surface area contributed by atoms with Crippen LogP contribution in [0.25, 0.3) is 0 Å². The lowest BCUT2D eigenvalue weighted by atomic mass is 10.1. The average Bonchev–Trinajstić information content (AvgIpc) is 2.27. The van der Waals surface area contributed by atoms with Crippen molar-refractivity contribution in [3.8, 4) is 0 Å². The molecule has 0 saturated carbocycles. The number of hydrogen-bond donors (Lipinski definition) is 1. The summed E-state index contributed by atoms with van der Waals surface area (Å²) in [5, 5.41) is 13.0. The molecule has 0 saturated heterocycles. The normalized spacial score (nSPS) is 19.7. The van der Waals surface area contributed by atoms with Crippen molar-refractivity contribution in [3.05, 3.63) is 11.6 Å². The summed E-state index contributed by atoms with van der Waals surface area (Å²) >= 11 is 0. The molecular weight excluding hydrogens is 180 g/mol. The highest BCUT2D eigenvalue weighted by Gasteiger charge is 2.25. The summed E-state index contributed by atoms with van der Waals surface area (Å²) in [6.07, 6.45) is 0.0688. The van der Waals surface area contributed by atoms with E-state index in [9.17, 15) is 14.7 Å². The van der Waals surface area contributed by atoms with Crippen molar-refractivity contribution in [2.45, 2.75) is 19.4 Å². The Morgan fingerprint density at radius 2 is 2.15 bits per heavy atom. The number of aliphatic hydroxyl groups excluding tert-OH is 1. The second kappa shape index (κ2) is 4.01. The van der Waals surface area contributed by atoms with E-state index in [1.54, 1.807) is 6.92 Å². The molecule has 6 heteroatoms. The summed E-state index contributed by atoms with van der Waals surface area (Å²) in [4.78, 5) is 29.6. The summed E-state index contributed by atoms with van der Waals surface area (Å²) in [6, 6.07) is 0. The SMILES string of the molecule is CCC(O)C1=CC(=O)OOOC1=O.